The first-order chi connectivity index (χ1) is 13.8. The minimum absolute atomic E-state index is 0.0176. The number of thioether (sulfide) groups is 1. The smallest absolute Gasteiger partial charge is 0.357 e. The van der Waals surface area contributed by atoms with Crippen molar-refractivity contribution in [1.82, 2.24) is 14.5 Å². The fraction of sp³-hybridized carbons (Fsp3) is 0.0952. The second-order valence-corrected chi connectivity index (χ2v) is 6.66. The fourth-order valence-electron chi connectivity index (χ4n) is 2.75. The molecule has 0 aliphatic heterocycles. The van der Waals surface area contributed by atoms with Gasteiger partial charge in [-0.2, -0.15) is 0 Å². The predicted molar refractivity (Wildman–Crippen MR) is 106 cm³/mol. The molecule has 0 aliphatic carbocycles. The number of benzene rings is 2. The molecule has 0 saturated carbocycles. The lowest BCUT2D eigenvalue weighted by Crippen LogP contribution is -2.12. The molecule has 2 aromatic heterocycles. The predicted octanol–water partition coefficient (Wildman–Crippen LogP) is 4.61. The quantitative estimate of drug-likeness (QED) is 0.353. The number of nitrogens with zero attached hydrogens (tertiary/aromatic N) is 3. The van der Waals surface area contributed by atoms with Gasteiger partial charge in [-0.1, -0.05) is 48.2 Å². The lowest BCUT2D eigenvalue weighted by molar-refractivity contribution is 0.0457. The van der Waals surface area contributed by atoms with E-state index < -0.39 is 5.97 Å². The highest BCUT2D eigenvalue weighted by Crippen LogP contribution is 2.23. The van der Waals surface area contributed by atoms with Gasteiger partial charge in [-0.05, 0) is 30.5 Å². The standard InChI is InChI=1S/C21H17N3O3S/c1-28-21-22-12-18(24(21)17-10-6-3-7-11-17)20(25)27-14-16-13-26-19(23-16)15-8-4-2-5-9-15/h2-13H,14H2,1H3. The fourth-order valence-corrected chi connectivity index (χ4v) is 3.29. The van der Waals surface area contributed by atoms with Gasteiger partial charge in [0.05, 0.1) is 6.20 Å². The molecular weight excluding hydrogens is 374 g/mol. The zero-order valence-corrected chi connectivity index (χ0v) is 15.9. The molecule has 4 aromatic rings. The van der Waals surface area contributed by atoms with E-state index in [2.05, 4.69) is 9.97 Å². The largest absolute Gasteiger partial charge is 0.454 e. The molecule has 0 atom stereocenters. The third-order valence-corrected chi connectivity index (χ3v) is 4.71. The molecule has 140 valence electrons. The minimum Gasteiger partial charge on any atom is -0.454 e. The summed E-state index contributed by atoms with van der Waals surface area (Å²) in [5.74, 6) is 0.0200. The average molecular weight is 391 g/mol. The molecule has 0 amide bonds. The van der Waals surface area contributed by atoms with Gasteiger partial charge >= 0.3 is 5.97 Å². The summed E-state index contributed by atoms with van der Waals surface area (Å²) in [5.41, 5.74) is 2.63. The van der Waals surface area contributed by atoms with E-state index in [-0.39, 0.29) is 6.61 Å². The van der Waals surface area contributed by atoms with Crippen LogP contribution in [0.3, 0.4) is 0 Å². The third-order valence-electron chi connectivity index (χ3n) is 4.06. The number of para-hydroxylation sites is 1. The summed E-state index contributed by atoms with van der Waals surface area (Å²) in [6.45, 7) is 0.0176. The van der Waals surface area contributed by atoms with E-state index >= 15 is 0 Å². The van der Waals surface area contributed by atoms with Crippen LogP contribution in [0.25, 0.3) is 17.1 Å². The minimum atomic E-state index is -0.471. The third kappa shape index (κ3) is 3.70. The van der Waals surface area contributed by atoms with Gasteiger partial charge in [0.15, 0.2) is 10.9 Å². The number of hydrogen-bond donors (Lipinski definition) is 0. The second-order valence-electron chi connectivity index (χ2n) is 5.89. The van der Waals surface area contributed by atoms with Crippen LogP contribution < -0.4 is 0 Å². The van der Waals surface area contributed by atoms with E-state index in [4.69, 9.17) is 9.15 Å². The number of rotatable bonds is 6. The van der Waals surface area contributed by atoms with Crippen LogP contribution >= 0.6 is 11.8 Å². The Balaban J connectivity index is 1.51. The summed E-state index contributed by atoms with van der Waals surface area (Å²) in [5, 5.41) is 0.714. The van der Waals surface area contributed by atoms with E-state index in [0.29, 0.717) is 22.4 Å². The van der Waals surface area contributed by atoms with Gasteiger partial charge in [0.25, 0.3) is 0 Å². The highest BCUT2D eigenvalue weighted by Gasteiger charge is 2.19. The summed E-state index contributed by atoms with van der Waals surface area (Å²) in [7, 11) is 0. The maximum absolute atomic E-state index is 12.7. The van der Waals surface area contributed by atoms with Crippen molar-refractivity contribution in [2.75, 3.05) is 6.26 Å². The number of carbonyl (C=O) groups is 1. The SMILES string of the molecule is CSc1ncc(C(=O)OCc2coc(-c3ccccc3)n2)n1-c1ccccc1. The normalized spacial score (nSPS) is 10.8. The van der Waals surface area contributed by atoms with Crippen LogP contribution in [0.1, 0.15) is 16.2 Å². The maximum Gasteiger partial charge on any atom is 0.357 e. The molecule has 0 saturated heterocycles. The van der Waals surface area contributed by atoms with Crippen LogP contribution in [0, 0.1) is 0 Å². The zero-order chi connectivity index (χ0) is 19.3. The molecule has 0 radical (unpaired) electrons. The van der Waals surface area contributed by atoms with Crippen LogP contribution in [0.2, 0.25) is 0 Å². The Morgan fingerprint density at radius 1 is 1.11 bits per heavy atom. The Morgan fingerprint density at radius 3 is 2.54 bits per heavy atom. The van der Waals surface area contributed by atoms with Gasteiger partial charge in [0.2, 0.25) is 5.89 Å². The molecule has 0 aliphatic rings. The van der Waals surface area contributed by atoms with Gasteiger partial charge < -0.3 is 9.15 Å². The Hall–Kier alpha value is -3.32. The average Bonchev–Trinajstić information content (AvgIpc) is 3.40. The first kappa shape index (κ1) is 18.1. The number of oxazole rings is 1. The number of aromatic nitrogens is 3. The molecular formula is C21H17N3O3S. The van der Waals surface area contributed by atoms with Crippen molar-refractivity contribution >= 4 is 17.7 Å². The Labute approximate surface area is 166 Å². The number of imidazole rings is 1. The summed E-state index contributed by atoms with van der Waals surface area (Å²) in [4.78, 5) is 21.4. The van der Waals surface area contributed by atoms with E-state index in [1.165, 1.54) is 24.2 Å². The van der Waals surface area contributed by atoms with Crippen molar-refractivity contribution in [3.05, 3.63) is 84.5 Å². The van der Waals surface area contributed by atoms with Crippen LogP contribution in [-0.4, -0.2) is 26.8 Å². The molecule has 0 bridgehead atoms. The Bertz CT molecular complexity index is 1070. The topological polar surface area (TPSA) is 70.2 Å². The first-order valence-corrected chi connectivity index (χ1v) is 9.83. The van der Waals surface area contributed by atoms with Crippen LogP contribution in [0.4, 0.5) is 0 Å². The highest BCUT2D eigenvalue weighted by atomic mass is 32.2. The second kappa shape index (κ2) is 8.14. The summed E-state index contributed by atoms with van der Waals surface area (Å²) < 4.78 is 12.7. The zero-order valence-electron chi connectivity index (χ0n) is 15.1. The number of ether oxygens (including phenoxy) is 1. The van der Waals surface area contributed by atoms with Crippen molar-refractivity contribution in [3.8, 4) is 17.1 Å². The molecule has 2 aromatic carbocycles. The number of hydrogen-bond acceptors (Lipinski definition) is 6. The highest BCUT2D eigenvalue weighted by molar-refractivity contribution is 7.98. The van der Waals surface area contributed by atoms with Gasteiger partial charge in [-0.3, -0.25) is 4.57 Å². The Kier molecular flexibility index (Phi) is 5.25. The Morgan fingerprint density at radius 2 is 1.82 bits per heavy atom. The van der Waals surface area contributed by atoms with Crippen molar-refractivity contribution in [2.24, 2.45) is 0 Å². The van der Waals surface area contributed by atoms with Crippen molar-refractivity contribution in [1.29, 1.82) is 0 Å². The van der Waals surface area contributed by atoms with Gasteiger partial charge in [-0.15, -0.1) is 0 Å². The van der Waals surface area contributed by atoms with Crippen molar-refractivity contribution in [3.63, 3.8) is 0 Å². The lowest BCUT2D eigenvalue weighted by Gasteiger charge is -2.10. The van der Waals surface area contributed by atoms with E-state index in [0.717, 1.165) is 11.3 Å². The molecule has 28 heavy (non-hydrogen) atoms. The molecule has 0 fully saturated rings. The van der Waals surface area contributed by atoms with Crippen LogP contribution in [-0.2, 0) is 11.3 Å². The van der Waals surface area contributed by atoms with Crippen LogP contribution in [0.15, 0.2) is 82.7 Å². The van der Waals surface area contributed by atoms with Gasteiger partial charge in [0, 0.05) is 11.3 Å². The van der Waals surface area contributed by atoms with E-state index in [1.54, 1.807) is 4.57 Å². The van der Waals surface area contributed by atoms with E-state index in [1.807, 2.05) is 66.9 Å². The molecule has 0 N–H and O–H groups in total. The summed E-state index contributed by atoms with van der Waals surface area (Å²) >= 11 is 1.46. The monoisotopic (exact) mass is 391 g/mol. The van der Waals surface area contributed by atoms with Crippen molar-refractivity contribution in [2.45, 2.75) is 11.8 Å². The van der Waals surface area contributed by atoms with Crippen molar-refractivity contribution < 1.29 is 13.9 Å². The summed E-state index contributed by atoms with van der Waals surface area (Å²) in [6, 6.07) is 19.1. The van der Waals surface area contributed by atoms with Gasteiger partial charge in [-0.25, -0.2) is 14.8 Å². The van der Waals surface area contributed by atoms with Crippen LogP contribution in [0.5, 0.6) is 0 Å². The molecule has 2 heterocycles. The molecule has 0 unspecified atom stereocenters. The number of esters is 1. The lowest BCUT2D eigenvalue weighted by atomic mass is 10.2. The molecule has 4 rings (SSSR count). The maximum atomic E-state index is 12.7. The summed E-state index contributed by atoms with van der Waals surface area (Å²) in [6.07, 6.45) is 4.94. The number of carbonyl (C=O) groups excluding carboxylic acids is 1. The molecule has 6 nitrogen and oxygen atoms in total. The van der Waals surface area contributed by atoms with E-state index in [9.17, 15) is 4.79 Å². The molecule has 0 spiro atoms. The van der Waals surface area contributed by atoms with Gasteiger partial charge in [0.1, 0.15) is 18.6 Å². The first-order valence-electron chi connectivity index (χ1n) is 8.60. The molecule has 7 heteroatoms.